The van der Waals surface area contributed by atoms with Crippen molar-refractivity contribution in [1.82, 2.24) is 9.88 Å². The molecule has 9 heteroatoms. The molecule has 4 rings (SSSR count). The number of carbonyl (C=O) groups excluding carboxylic acids is 4. The maximum atomic E-state index is 12.3. The third-order valence-corrected chi connectivity index (χ3v) is 5.33. The summed E-state index contributed by atoms with van der Waals surface area (Å²) in [5, 5.41) is 5.88. The third-order valence-electron chi connectivity index (χ3n) is 4.40. The van der Waals surface area contributed by atoms with Crippen molar-refractivity contribution < 1.29 is 19.2 Å². The van der Waals surface area contributed by atoms with E-state index < -0.39 is 0 Å². The molecule has 4 amide bonds. The number of carbonyl (C=O) groups is 4. The summed E-state index contributed by atoms with van der Waals surface area (Å²) >= 11 is 1.30. The molecule has 8 nitrogen and oxygen atoms in total. The van der Waals surface area contributed by atoms with Gasteiger partial charge in [-0.05, 0) is 30.3 Å². The van der Waals surface area contributed by atoms with Crippen molar-refractivity contribution >= 4 is 56.0 Å². The Morgan fingerprint density at radius 2 is 1.72 bits per heavy atom. The largest absolute Gasteiger partial charge is 0.326 e. The van der Waals surface area contributed by atoms with Gasteiger partial charge < -0.3 is 10.6 Å². The molecule has 0 bridgehead atoms. The fraction of sp³-hybridized carbons (Fsp3) is 0.150. The normalized spacial score (nSPS) is 12.9. The first-order valence-electron chi connectivity index (χ1n) is 8.85. The lowest BCUT2D eigenvalue weighted by atomic mass is 10.1. The second-order valence-electron chi connectivity index (χ2n) is 6.49. The Bertz CT molecular complexity index is 1140. The van der Waals surface area contributed by atoms with Gasteiger partial charge >= 0.3 is 0 Å². The molecular formula is C20H16N4O4S. The highest BCUT2D eigenvalue weighted by atomic mass is 32.1. The Hall–Kier alpha value is -3.59. The standard InChI is InChI=1S/C20H16N4O4S/c1-11(25)21-20-23-15-7-6-12(10-16(15)29-20)22-17(26)8-9-24-18(27)13-4-2-3-5-14(13)19(24)28/h2-7,10H,8-9H2,1H3,(H,22,26)(H,21,23,25). The van der Waals surface area contributed by atoms with Crippen LogP contribution in [0.3, 0.4) is 0 Å². The van der Waals surface area contributed by atoms with Crippen LogP contribution < -0.4 is 10.6 Å². The summed E-state index contributed by atoms with van der Waals surface area (Å²) in [5.74, 6) is -1.27. The smallest absolute Gasteiger partial charge is 0.261 e. The number of rotatable bonds is 5. The molecule has 0 atom stereocenters. The molecular weight excluding hydrogens is 392 g/mol. The van der Waals surface area contributed by atoms with Gasteiger partial charge in [-0.2, -0.15) is 0 Å². The van der Waals surface area contributed by atoms with Crippen LogP contribution in [0.2, 0.25) is 0 Å². The van der Waals surface area contributed by atoms with Crippen LogP contribution in [0, 0.1) is 0 Å². The first-order valence-corrected chi connectivity index (χ1v) is 9.67. The van der Waals surface area contributed by atoms with Crippen molar-refractivity contribution in [1.29, 1.82) is 0 Å². The molecule has 1 aliphatic rings. The summed E-state index contributed by atoms with van der Waals surface area (Å²) in [6.45, 7) is 1.42. The summed E-state index contributed by atoms with van der Waals surface area (Å²) in [6, 6.07) is 11.8. The zero-order valence-corrected chi connectivity index (χ0v) is 16.2. The van der Waals surface area contributed by atoms with Crippen molar-refractivity contribution in [2.45, 2.75) is 13.3 Å². The fourth-order valence-corrected chi connectivity index (χ4v) is 4.04. The molecule has 3 aromatic rings. The average molecular weight is 408 g/mol. The van der Waals surface area contributed by atoms with Crippen LogP contribution in [0.1, 0.15) is 34.1 Å². The van der Waals surface area contributed by atoms with Gasteiger partial charge in [0.1, 0.15) is 0 Å². The summed E-state index contributed by atoms with van der Waals surface area (Å²) < 4.78 is 0.812. The summed E-state index contributed by atoms with van der Waals surface area (Å²) in [4.78, 5) is 53.5. The van der Waals surface area contributed by atoms with Gasteiger partial charge in [-0.3, -0.25) is 24.1 Å². The summed E-state index contributed by atoms with van der Waals surface area (Å²) in [5.41, 5.74) is 2.01. The lowest BCUT2D eigenvalue weighted by Crippen LogP contribution is -2.32. The molecule has 0 spiro atoms. The number of anilines is 2. The SMILES string of the molecule is CC(=O)Nc1nc2ccc(NC(=O)CCN3C(=O)c4ccccc4C3=O)cc2s1. The molecule has 0 aliphatic carbocycles. The minimum atomic E-state index is -0.380. The molecule has 0 saturated carbocycles. The number of hydrogen-bond donors (Lipinski definition) is 2. The van der Waals surface area contributed by atoms with Gasteiger partial charge in [0.05, 0.1) is 21.3 Å². The molecule has 2 N–H and O–H groups in total. The molecule has 2 aromatic carbocycles. The van der Waals surface area contributed by atoms with Crippen molar-refractivity contribution in [3.63, 3.8) is 0 Å². The van der Waals surface area contributed by atoms with E-state index in [-0.39, 0.29) is 36.6 Å². The van der Waals surface area contributed by atoms with Gasteiger partial charge in [0, 0.05) is 25.6 Å². The van der Waals surface area contributed by atoms with E-state index in [4.69, 9.17) is 0 Å². The van der Waals surface area contributed by atoms with Crippen LogP contribution in [0.5, 0.6) is 0 Å². The van der Waals surface area contributed by atoms with Gasteiger partial charge in [-0.15, -0.1) is 0 Å². The van der Waals surface area contributed by atoms with Gasteiger partial charge in [-0.1, -0.05) is 23.5 Å². The number of aromatic nitrogens is 1. The highest BCUT2D eigenvalue weighted by Gasteiger charge is 2.34. The van der Waals surface area contributed by atoms with E-state index >= 15 is 0 Å². The van der Waals surface area contributed by atoms with E-state index in [1.807, 2.05) is 0 Å². The number of amides is 4. The highest BCUT2D eigenvalue weighted by molar-refractivity contribution is 7.22. The van der Waals surface area contributed by atoms with Gasteiger partial charge in [0.2, 0.25) is 11.8 Å². The highest BCUT2D eigenvalue weighted by Crippen LogP contribution is 2.28. The predicted octanol–water partition coefficient (Wildman–Crippen LogP) is 2.88. The van der Waals surface area contributed by atoms with Gasteiger partial charge in [0.25, 0.3) is 11.8 Å². The number of hydrogen-bond acceptors (Lipinski definition) is 6. The Morgan fingerprint density at radius 1 is 1.03 bits per heavy atom. The van der Waals surface area contributed by atoms with E-state index in [1.54, 1.807) is 42.5 Å². The lowest BCUT2D eigenvalue weighted by Gasteiger charge is -2.13. The quantitative estimate of drug-likeness (QED) is 0.631. The van der Waals surface area contributed by atoms with Crippen molar-refractivity contribution in [3.8, 4) is 0 Å². The zero-order valence-electron chi connectivity index (χ0n) is 15.4. The predicted molar refractivity (Wildman–Crippen MR) is 109 cm³/mol. The van der Waals surface area contributed by atoms with Crippen LogP contribution in [0.4, 0.5) is 10.8 Å². The topological polar surface area (TPSA) is 108 Å². The van der Waals surface area contributed by atoms with Crippen LogP contribution in [-0.2, 0) is 9.59 Å². The summed E-state index contributed by atoms with van der Waals surface area (Å²) in [7, 11) is 0. The summed E-state index contributed by atoms with van der Waals surface area (Å²) in [6.07, 6.45) is -0.0106. The van der Waals surface area contributed by atoms with Gasteiger partial charge in [-0.25, -0.2) is 4.98 Å². The average Bonchev–Trinajstić information content (AvgIpc) is 3.18. The first-order chi connectivity index (χ1) is 13.9. The molecule has 1 aromatic heterocycles. The maximum Gasteiger partial charge on any atom is 0.261 e. The fourth-order valence-electron chi connectivity index (χ4n) is 3.09. The van der Waals surface area contributed by atoms with E-state index in [0.717, 1.165) is 9.60 Å². The molecule has 0 fully saturated rings. The third kappa shape index (κ3) is 3.72. The minimum absolute atomic E-state index is 0.00760. The van der Waals surface area contributed by atoms with E-state index in [9.17, 15) is 19.2 Å². The molecule has 0 saturated heterocycles. The first kappa shape index (κ1) is 18.8. The van der Waals surface area contributed by atoms with Crippen molar-refractivity contribution in [3.05, 3.63) is 53.6 Å². The molecule has 0 unspecified atom stereocenters. The number of benzene rings is 2. The number of thiazole rings is 1. The second kappa shape index (κ2) is 7.44. The lowest BCUT2D eigenvalue weighted by molar-refractivity contribution is -0.116. The number of fused-ring (bicyclic) bond motifs is 2. The van der Waals surface area contributed by atoms with E-state index in [0.29, 0.717) is 27.5 Å². The number of nitrogens with one attached hydrogen (secondary N) is 2. The van der Waals surface area contributed by atoms with Crippen molar-refractivity contribution in [2.75, 3.05) is 17.2 Å². The van der Waals surface area contributed by atoms with Crippen LogP contribution >= 0.6 is 11.3 Å². The Morgan fingerprint density at radius 3 is 2.38 bits per heavy atom. The van der Waals surface area contributed by atoms with Crippen LogP contribution in [0.15, 0.2) is 42.5 Å². The number of imide groups is 1. The van der Waals surface area contributed by atoms with E-state index in [1.165, 1.54) is 18.3 Å². The van der Waals surface area contributed by atoms with Crippen LogP contribution in [0.25, 0.3) is 10.2 Å². The molecule has 0 radical (unpaired) electrons. The Kier molecular flexibility index (Phi) is 4.81. The molecule has 29 heavy (non-hydrogen) atoms. The monoisotopic (exact) mass is 408 g/mol. The van der Waals surface area contributed by atoms with Gasteiger partial charge in [0.15, 0.2) is 5.13 Å². The minimum Gasteiger partial charge on any atom is -0.326 e. The molecule has 146 valence electrons. The second-order valence-corrected chi connectivity index (χ2v) is 7.52. The zero-order chi connectivity index (χ0) is 20.5. The maximum absolute atomic E-state index is 12.3. The Balaban J connectivity index is 1.39. The molecule has 2 heterocycles. The molecule has 1 aliphatic heterocycles. The Labute approximate surface area is 169 Å². The number of nitrogens with zero attached hydrogens (tertiary/aromatic N) is 2. The van der Waals surface area contributed by atoms with Crippen molar-refractivity contribution in [2.24, 2.45) is 0 Å². The van der Waals surface area contributed by atoms with E-state index in [2.05, 4.69) is 15.6 Å². The van der Waals surface area contributed by atoms with Crippen LogP contribution in [-0.4, -0.2) is 40.1 Å².